The van der Waals surface area contributed by atoms with E-state index in [1.807, 2.05) is 6.92 Å². The van der Waals surface area contributed by atoms with Crippen LogP contribution in [0.25, 0.3) is 0 Å². The quantitative estimate of drug-likeness (QED) is 0.475. The van der Waals surface area contributed by atoms with Gasteiger partial charge in [0.25, 0.3) is 11.8 Å². The predicted molar refractivity (Wildman–Crippen MR) is 94.1 cm³/mol. The molecule has 0 unspecified atom stereocenters. The molecule has 1 aliphatic heterocycles. The summed E-state index contributed by atoms with van der Waals surface area (Å²) in [6, 6.07) is 3.11. The van der Waals surface area contributed by atoms with Gasteiger partial charge in [-0.3, -0.25) is 9.59 Å². The Labute approximate surface area is 153 Å². The van der Waals surface area contributed by atoms with E-state index in [2.05, 4.69) is 33.2 Å². The number of hydrazone groups is 1. The second-order valence-corrected chi connectivity index (χ2v) is 7.36. The number of rotatable bonds is 4. The van der Waals surface area contributed by atoms with Crippen molar-refractivity contribution in [3.63, 3.8) is 0 Å². The molecule has 1 heterocycles. The summed E-state index contributed by atoms with van der Waals surface area (Å²) >= 11 is 3.34. The van der Waals surface area contributed by atoms with E-state index in [9.17, 15) is 14.7 Å². The number of fused-ring (bicyclic) bond motifs is 5. The minimum absolute atomic E-state index is 0.0105. The summed E-state index contributed by atoms with van der Waals surface area (Å²) in [4.78, 5) is 25.2. The molecule has 1 N–H and O–H groups in total. The number of benzene rings is 1. The number of allylic oxidation sites excluding steroid dienone is 2. The summed E-state index contributed by atoms with van der Waals surface area (Å²) in [5.74, 6) is -0.301. The number of phenols is 1. The summed E-state index contributed by atoms with van der Waals surface area (Å²) in [7, 11) is 0. The molecule has 1 saturated carbocycles. The van der Waals surface area contributed by atoms with Crippen molar-refractivity contribution in [3.05, 3.63) is 34.3 Å². The lowest BCUT2D eigenvalue weighted by atomic mass is 9.85. The third kappa shape index (κ3) is 2.49. The number of hydrogen-bond donors (Lipinski definition) is 1. The van der Waals surface area contributed by atoms with Gasteiger partial charge in [0, 0.05) is 10.0 Å². The summed E-state index contributed by atoms with van der Waals surface area (Å²) in [6.45, 7) is 2.23. The van der Waals surface area contributed by atoms with Crippen molar-refractivity contribution < 1.29 is 19.4 Å². The molecule has 4 atom stereocenters. The van der Waals surface area contributed by atoms with E-state index < -0.39 is 0 Å². The normalized spacial score (nSPS) is 29.9. The number of phenolic OH excluding ortho intramolecular Hbond substituents is 1. The van der Waals surface area contributed by atoms with Crippen LogP contribution in [0.4, 0.5) is 0 Å². The summed E-state index contributed by atoms with van der Waals surface area (Å²) in [6.07, 6.45) is 6.44. The van der Waals surface area contributed by atoms with E-state index in [-0.39, 0.29) is 41.2 Å². The van der Waals surface area contributed by atoms with Gasteiger partial charge in [-0.15, -0.1) is 0 Å². The molecular formula is C18H17BrN2O4. The Bertz CT molecular complexity index is 790. The molecule has 3 aliphatic rings. The van der Waals surface area contributed by atoms with E-state index in [0.29, 0.717) is 22.4 Å². The number of halogens is 1. The first-order chi connectivity index (χ1) is 12.0. The molecule has 2 fully saturated rings. The van der Waals surface area contributed by atoms with Gasteiger partial charge in [-0.1, -0.05) is 12.2 Å². The van der Waals surface area contributed by atoms with Gasteiger partial charge in [0.1, 0.15) is 0 Å². The summed E-state index contributed by atoms with van der Waals surface area (Å²) in [5, 5.41) is 15.0. The number of ether oxygens (including phenoxy) is 1. The molecule has 6 nitrogen and oxygen atoms in total. The van der Waals surface area contributed by atoms with Crippen LogP contribution in [0.2, 0.25) is 0 Å². The van der Waals surface area contributed by atoms with Crippen molar-refractivity contribution in [2.24, 2.45) is 28.8 Å². The van der Waals surface area contributed by atoms with Crippen LogP contribution in [-0.4, -0.2) is 34.8 Å². The van der Waals surface area contributed by atoms with Crippen LogP contribution in [0.3, 0.4) is 0 Å². The van der Waals surface area contributed by atoms with Crippen molar-refractivity contribution in [2.75, 3.05) is 6.61 Å². The Balaban J connectivity index is 1.60. The van der Waals surface area contributed by atoms with Crippen LogP contribution in [-0.2, 0) is 9.59 Å². The Morgan fingerprint density at radius 2 is 1.92 bits per heavy atom. The lowest BCUT2D eigenvalue weighted by molar-refractivity contribution is -0.140. The lowest BCUT2D eigenvalue weighted by Crippen LogP contribution is -2.28. The summed E-state index contributed by atoms with van der Waals surface area (Å²) < 4.78 is 5.95. The molecule has 2 amide bonds. The Hall–Kier alpha value is -2.15. The van der Waals surface area contributed by atoms with Crippen molar-refractivity contribution in [1.29, 1.82) is 0 Å². The minimum Gasteiger partial charge on any atom is -0.504 e. The van der Waals surface area contributed by atoms with Gasteiger partial charge in [0.2, 0.25) is 0 Å². The average Bonchev–Trinajstić information content (AvgIpc) is 3.25. The first-order valence-corrected chi connectivity index (χ1v) is 9.06. The maximum absolute atomic E-state index is 12.6. The number of nitrogens with zero attached hydrogens (tertiary/aromatic N) is 2. The first-order valence-electron chi connectivity index (χ1n) is 8.26. The molecule has 1 aromatic carbocycles. The molecule has 25 heavy (non-hydrogen) atoms. The first kappa shape index (κ1) is 16.3. The van der Waals surface area contributed by atoms with Gasteiger partial charge in [0.15, 0.2) is 11.5 Å². The van der Waals surface area contributed by atoms with E-state index in [1.54, 1.807) is 6.07 Å². The fourth-order valence-corrected chi connectivity index (χ4v) is 4.48. The van der Waals surface area contributed by atoms with Crippen LogP contribution in [0.5, 0.6) is 11.5 Å². The third-order valence-corrected chi connectivity index (χ3v) is 5.82. The van der Waals surface area contributed by atoms with Crippen LogP contribution in [0.1, 0.15) is 18.9 Å². The molecule has 0 aromatic heterocycles. The molecule has 1 aromatic rings. The maximum Gasteiger partial charge on any atom is 0.254 e. The molecule has 130 valence electrons. The smallest absolute Gasteiger partial charge is 0.254 e. The fraction of sp³-hybridized carbons (Fsp3) is 0.389. The van der Waals surface area contributed by atoms with Crippen LogP contribution >= 0.6 is 15.9 Å². The SMILES string of the molecule is CCOc1cc(C=NN2C(=O)[C@@H]3[C@H](C2=O)[C@H]2C=C[C@H]3C2)c(Br)cc1O. The number of hydrogen-bond acceptors (Lipinski definition) is 5. The molecule has 0 spiro atoms. The molecule has 0 radical (unpaired) electrons. The third-order valence-electron chi connectivity index (χ3n) is 5.14. The molecule has 7 heteroatoms. The van der Waals surface area contributed by atoms with Gasteiger partial charge in [0.05, 0.1) is 24.7 Å². The number of carbonyl (C=O) groups is 2. The second-order valence-electron chi connectivity index (χ2n) is 6.51. The lowest BCUT2D eigenvalue weighted by Gasteiger charge is -2.13. The van der Waals surface area contributed by atoms with Gasteiger partial charge in [-0.25, -0.2) is 0 Å². The number of aromatic hydroxyl groups is 1. The van der Waals surface area contributed by atoms with Crippen LogP contribution < -0.4 is 4.74 Å². The maximum atomic E-state index is 12.6. The second kappa shape index (κ2) is 5.98. The number of imide groups is 1. The molecule has 4 rings (SSSR count). The highest BCUT2D eigenvalue weighted by atomic mass is 79.9. The number of amides is 2. The van der Waals surface area contributed by atoms with Gasteiger partial charge in [-0.2, -0.15) is 10.1 Å². The van der Waals surface area contributed by atoms with Crippen molar-refractivity contribution in [1.82, 2.24) is 5.01 Å². The van der Waals surface area contributed by atoms with Crippen LogP contribution in [0, 0.1) is 23.7 Å². The zero-order valence-electron chi connectivity index (χ0n) is 13.6. The average molecular weight is 405 g/mol. The highest BCUT2D eigenvalue weighted by Gasteiger charge is 2.59. The van der Waals surface area contributed by atoms with E-state index in [4.69, 9.17) is 4.74 Å². The van der Waals surface area contributed by atoms with Crippen molar-refractivity contribution >= 4 is 34.0 Å². The topological polar surface area (TPSA) is 79.2 Å². The van der Waals surface area contributed by atoms with Crippen molar-refractivity contribution in [3.8, 4) is 11.5 Å². The molecule has 2 aliphatic carbocycles. The number of carbonyl (C=O) groups excluding carboxylic acids is 2. The van der Waals surface area contributed by atoms with Crippen molar-refractivity contribution in [2.45, 2.75) is 13.3 Å². The Kier molecular flexibility index (Phi) is 3.91. The molecular weight excluding hydrogens is 388 g/mol. The van der Waals surface area contributed by atoms with E-state index in [1.165, 1.54) is 12.3 Å². The fourth-order valence-electron chi connectivity index (χ4n) is 4.05. The largest absolute Gasteiger partial charge is 0.504 e. The van der Waals surface area contributed by atoms with E-state index in [0.717, 1.165) is 11.4 Å². The molecule has 2 bridgehead atoms. The highest BCUT2D eigenvalue weighted by Crippen LogP contribution is 2.52. The monoisotopic (exact) mass is 404 g/mol. The van der Waals surface area contributed by atoms with Crippen LogP contribution in [0.15, 0.2) is 33.9 Å². The Morgan fingerprint density at radius 1 is 1.28 bits per heavy atom. The zero-order chi connectivity index (χ0) is 17.7. The van der Waals surface area contributed by atoms with Gasteiger partial charge < -0.3 is 9.84 Å². The predicted octanol–water partition coefficient (Wildman–Crippen LogP) is 2.69. The zero-order valence-corrected chi connectivity index (χ0v) is 15.1. The molecule has 1 saturated heterocycles. The standard InChI is InChI=1S/C18H17BrN2O4/c1-2-25-14-6-11(12(19)7-13(14)22)8-20-21-17(23)15-9-3-4-10(5-9)16(15)18(21)24/h3-4,6-10,15-16,22H,2,5H2,1H3/t9-,10-,15-,16+/m0/s1. The minimum atomic E-state index is -0.262. The highest BCUT2D eigenvalue weighted by molar-refractivity contribution is 9.10. The van der Waals surface area contributed by atoms with Gasteiger partial charge >= 0.3 is 0 Å². The Morgan fingerprint density at radius 3 is 2.52 bits per heavy atom. The summed E-state index contributed by atoms with van der Waals surface area (Å²) in [5.41, 5.74) is 0.611. The van der Waals surface area contributed by atoms with E-state index >= 15 is 0 Å². The van der Waals surface area contributed by atoms with Gasteiger partial charge in [-0.05, 0) is 53.2 Å².